The Morgan fingerprint density at radius 1 is 1.14 bits per heavy atom. The zero-order valence-corrected chi connectivity index (χ0v) is 12.4. The first-order valence-corrected chi connectivity index (χ1v) is 6.86. The van der Waals surface area contributed by atoms with Gasteiger partial charge in [0.2, 0.25) is 5.91 Å². The first-order valence-electron chi connectivity index (χ1n) is 6.86. The van der Waals surface area contributed by atoms with Gasteiger partial charge in [-0.1, -0.05) is 24.3 Å². The Bertz CT molecular complexity index is 608. The third kappa shape index (κ3) is 3.75. The smallest absolute Gasteiger partial charge is 0.227 e. The number of hydrogen-bond acceptors (Lipinski definition) is 3. The van der Waals surface area contributed by atoms with Gasteiger partial charge in [0.05, 0.1) is 12.8 Å². The minimum Gasteiger partial charge on any atom is -0.495 e. The lowest BCUT2D eigenvalue weighted by molar-refractivity contribution is -0.118. The topological polar surface area (TPSA) is 55.6 Å². The monoisotopic (exact) mass is 284 g/mol. The van der Waals surface area contributed by atoms with Crippen LogP contribution in [0.1, 0.15) is 12.0 Å². The minimum absolute atomic E-state index is 0.0522. The van der Waals surface area contributed by atoms with Gasteiger partial charge in [-0.05, 0) is 36.2 Å². The minimum atomic E-state index is 0.0522. The van der Waals surface area contributed by atoms with Crippen LogP contribution in [0.4, 0.5) is 11.4 Å². The molecule has 2 N–H and O–H groups in total. The van der Waals surface area contributed by atoms with E-state index in [1.165, 1.54) is 0 Å². The fourth-order valence-electron chi connectivity index (χ4n) is 2.14. The lowest BCUT2D eigenvalue weighted by Gasteiger charge is -2.19. The molecule has 2 aromatic rings. The number of methoxy groups -OCH3 is 1. The van der Waals surface area contributed by atoms with Crippen molar-refractivity contribution in [2.24, 2.45) is 0 Å². The van der Waals surface area contributed by atoms with Crippen molar-refractivity contribution in [1.29, 1.82) is 0 Å². The number of nitrogens with zero attached hydrogens (tertiary/aromatic N) is 1. The molecular formula is C17H20N2O2. The molecule has 0 aliphatic rings. The second-order valence-corrected chi connectivity index (χ2v) is 4.87. The first-order chi connectivity index (χ1) is 10.1. The van der Waals surface area contributed by atoms with Crippen molar-refractivity contribution in [3.05, 3.63) is 54.1 Å². The molecule has 110 valence electrons. The fourth-order valence-corrected chi connectivity index (χ4v) is 2.14. The Kier molecular flexibility index (Phi) is 4.82. The maximum absolute atomic E-state index is 12.3. The van der Waals surface area contributed by atoms with Crippen LogP contribution < -0.4 is 15.4 Å². The molecule has 2 rings (SSSR count). The number of rotatable bonds is 5. The largest absolute Gasteiger partial charge is 0.495 e. The molecule has 4 heteroatoms. The highest BCUT2D eigenvalue weighted by atomic mass is 16.5. The van der Waals surface area contributed by atoms with E-state index >= 15 is 0 Å². The number of nitrogen functional groups attached to an aromatic ring is 1. The van der Waals surface area contributed by atoms with Crippen molar-refractivity contribution in [3.63, 3.8) is 0 Å². The molecule has 2 aromatic carbocycles. The number of amides is 1. The second kappa shape index (κ2) is 6.79. The molecule has 0 atom stereocenters. The van der Waals surface area contributed by atoms with Gasteiger partial charge < -0.3 is 15.4 Å². The summed E-state index contributed by atoms with van der Waals surface area (Å²) in [6.45, 7) is 0. The zero-order valence-electron chi connectivity index (χ0n) is 12.4. The van der Waals surface area contributed by atoms with E-state index in [-0.39, 0.29) is 5.91 Å². The predicted molar refractivity (Wildman–Crippen MR) is 85.6 cm³/mol. The molecular weight excluding hydrogens is 264 g/mol. The normalized spacial score (nSPS) is 10.2. The summed E-state index contributed by atoms with van der Waals surface area (Å²) in [6, 6.07) is 15.1. The molecule has 0 saturated heterocycles. The highest BCUT2D eigenvalue weighted by Gasteiger charge is 2.14. The van der Waals surface area contributed by atoms with Gasteiger partial charge >= 0.3 is 0 Å². The summed E-state index contributed by atoms with van der Waals surface area (Å²) in [5.41, 5.74) is 8.27. The second-order valence-electron chi connectivity index (χ2n) is 4.87. The lowest BCUT2D eigenvalue weighted by atomic mass is 10.1. The van der Waals surface area contributed by atoms with E-state index in [2.05, 4.69) is 0 Å². The van der Waals surface area contributed by atoms with Gasteiger partial charge in [-0.2, -0.15) is 0 Å². The number of para-hydroxylation sites is 2. The number of aryl methyl sites for hydroxylation is 1. The number of benzene rings is 2. The van der Waals surface area contributed by atoms with Crippen LogP contribution in [0.15, 0.2) is 48.5 Å². The van der Waals surface area contributed by atoms with Crippen molar-refractivity contribution in [2.75, 3.05) is 24.8 Å². The molecule has 21 heavy (non-hydrogen) atoms. The van der Waals surface area contributed by atoms with Crippen molar-refractivity contribution >= 4 is 17.3 Å². The fraction of sp³-hybridized carbons (Fsp3) is 0.235. The van der Waals surface area contributed by atoms with Crippen LogP contribution in [0, 0.1) is 0 Å². The van der Waals surface area contributed by atoms with Gasteiger partial charge in [0.25, 0.3) is 0 Å². The Hall–Kier alpha value is -2.49. The molecule has 0 heterocycles. The van der Waals surface area contributed by atoms with Gasteiger partial charge in [0, 0.05) is 19.2 Å². The number of hydrogen-bond donors (Lipinski definition) is 1. The maximum Gasteiger partial charge on any atom is 0.227 e. The Labute approximate surface area is 125 Å². The predicted octanol–water partition coefficient (Wildman–Crippen LogP) is 2.87. The highest BCUT2D eigenvalue weighted by molar-refractivity contribution is 5.94. The van der Waals surface area contributed by atoms with Crippen LogP contribution in [-0.2, 0) is 11.2 Å². The van der Waals surface area contributed by atoms with E-state index < -0.39 is 0 Å². The van der Waals surface area contributed by atoms with E-state index in [0.717, 1.165) is 16.9 Å². The number of carbonyl (C=O) groups is 1. The Morgan fingerprint density at radius 3 is 2.48 bits per heavy atom. The molecule has 0 saturated carbocycles. The van der Waals surface area contributed by atoms with Crippen LogP contribution in [0.25, 0.3) is 0 Å². The number of carbonyl (C=O) groups excluding carboxylic acids is 1. The van der Waals surface area contributed by atoms with E-state index in [1.807, 2.05) is 48.5 Å². The van der Waals surface area contributed by atoms with Crippen LogP contribution in [0.5, 0.6) is 5.75 Å². The third-order valence-electron chi connectivity index (χ3n) is 3.43. The molecule has 0 unspecified atom stereocenters. The van der Waals surface area contributed by atoms with Crippen LogP contribution in [-0.4, -0.2) is 20.1 Å². The summed E-state index contributed by atoms with van der Waals surface area (Å²) in [7, 11) is 3.37. The Morgan fingerprint density at radius 2 is 1.81 bits per heavy atom. The summed E-state index contributed by atoms with van der Waals surface area (Å²) in [5.74, 6) is 0.747. The molecule has 0 aromatic heterocycles. The molecule has 4 nitrogen and oxygen atoms in total. The SMILES string of the molecule is COc1ccccc1N(C)C(=O)CCc1ccc(N)cc1. The van der Waals surface area contributed by atoms with Gasteiger partial charge in [-0.15, -0.1) is 0 Å². The van der Waals surface area contributed by atoms with Crippen molar-refractivity contribution in [2.45, 2.75) is 12.8 Å². The van der Waals surface area contributed by atoms with Crippen molar-refractivity contribution in [1.82, 2.24) is 0 Å². The number of ether oxygens (including phenoxy) is 1. The van der Waals surface area contributed by atoms with E-state index in [0.29, 0.717) is 18.6 Å². The van der Waals surface area contributed by atoms with Crippen molar-refractivity contribution < 1.29 is 9.53 Å². The van der Waals surface area contributed by atoms with Crippen molar-refractivity contribution in [3.8, 4) is 5.75 Å². The molecule has 0 aliphatic carbocycles. The molecule has 0 aliphatic heterocycles. The molecule has 0 bridgehead atoms. The lowest BCUT2D eigenvalue weighted by Crippen LogP contribution is -2.26. The van der Waals surface area contributed by atoms with Crippen LogP contribution >= 0.6 is 0 Å². The van der Waals surface area contributed by atoms with Crippen LogP contribution in [0.3, 0.4) is 0 Å². The molecule has 1 amide bonds. The third-order valence-corrected chi connectivity index (χ3v) is 3.43. The summed E-state index contributed by atoms with van der Waals surface area (Å²) in [4.78, 5) is 13.9. The number of nitrogens with two attached hydrogens (primary N) is 1. The van der Waals surface area contributed by atoms with Gasteiger partial charge in [-0.25, -0.2) is 0 Å². The summed E-state index contributed by atoms with van der Waals surface area (Å²) < 4.78 is 5.28. The summed E-state index contributed by atoms with van der Waals surface area (Å²) in [6.07, 6.45) is 1.14. The standard InChI is InChI=1S/C17H20N2O2/c1-19(15-5-3-4-6-16(15)21-2)17(20)12-9-13-7-10-14(18)11-8-13/h3-8,10-11H,9,12,18H2,1-2H3. The summed E-state index contributed by atoms with van der Waals surface area (Å²) in [5, 5.41) is 0. The molecule has 0 fully saturated rings. The maximum atomic E-state index is 12.3. The molecule has 0 radical (unpaired) electrons. The van der Waals surface area contributed by atoms with E-state index in [9.17, 15) is 4.79 Å². The summed E-state index contributed by atoms with van der Waals surface area (Å²) >= 11 is 0. The highest BCUT2D eigenvalue weighted by Crippen LogP contribution is 2.27. The van der Waals surface area contributed by atoms with Gasteiger partial charge in [0.15, 0.2) is 0 Å². The van der Waals surface area contributed by atoms with E-state index in [1.54, 1.807) is 19.1 Å². The van der Waals surface area contributed by atoms with Crippen LogP contribution in [0.2, 0.25) is 0 Å². The van der Waals surface area contributed by atoms with Gasteiger partial charge in [0.1, 0.15) is 5.75 Å². The van der Waals surface area contributed by atoms with E-state index in [4.69, 9.17) is 10.5 Å². The molecule has 0 spiro atoms. The Balaban J connectivity index is 2.01. The first kappa shape index (κ1) is 14.9. The zero-order chi connectivity index (χ0) is 15.2. The average molecular weight is 284 g/mol. The quantitative estimate of drug-likeness (QED) is 0.859. The average Bonchev–Trinajstić information content (AvgIpc) is 2.53. The number of anilines is 2. The van der Waals surface area contributed by atoms with Gasteiger partial charge in [-0.3, -0.25) is 4.79 Å².